The van der Waals surface area contributed by atoms with E-state index in [1.165, 1.54) is 18.4 Å². The zero-order valence-electron chi connectivity index (χ0n) is 10.3. The van der Waals surface area contributed by atoms with Crippen LogP contribution in [0.4, 0.5) is 5.69 Å². The van der Waals surface area contributed by atoms with Crippen molar-refractivity contribution in [2.75, 3.05) is 18.4 Å². The summed E-state index contributed by atoms with van der Waals surface area (Å²) >= 11 is 6.23. The first kappa shape index (κ1) is 12.0. The summed E-state index contributed by atoms with van der Waals surface area (Å²) in [5.41, 5.74) is 3.13. The first-order chi connectivity index (χ1) is 8.72. The van der Waals surface area contributed by atoms with Crippen LogP contribution in [0.5, 0.6) is 0 Å². The van der Waals surface area contributed by atoms with Crippen LogP contribution in [-0.2, 0) is 17.6 Å². The average Bonchev–Trinajstić information content (AvgIpc) is 2.72. The lowest BCUT2D eigenvalue weighted by Gasteiger charge is -2.22. The van der Waals surface area contributed by atoms with Crippen molar-refractivity contribution in [1.29, 1.82) is 0 Å². The highest BCUT2D eigenvalue weighted by atomic mass is 35.5. The molecule has 0 radical (unpaired) electrons. The molecule has 1 aromatic carbocycles. The minimum absolute atomic E-state index is 0.0471. The third-order valence-electron chi connectivity index (χ3n) is 3.83. The number of benzene rings is 1. The molecule has 2 aliphatic rings. The quantitative estimate of drug-likeness (QED) is 0.861. The summed E-state index contributed by atoms with van der Waals surface area (Å²) in [6.45, 7) is 2.23. The number of carbonyl (C=O) groups excluding carboxylic acids is 1. The Kier molecular flexibility index (Phi) is 3.27. The maximum atomic E-state index is 11.4. The summed E-state index contributed by atoms with van der Waals surface area (Å²) in [6, 6.07) is 4.15. The summed E-state index contributed by atoms with van der Waals surface area (Å²) in [6.07, 6.45) is 4.00. The number of piperidine rings is 1. The minimum Gasteiger partial charge on any atom is -0.324 e. The molecule has 1 saturated heterocycles. The van der Waals surface area contributed by atoms with Crippen molar-refractivity contribution >= 4 is 23.2 Å². The van der Waals surface area contributed by atoms with Gasteiger partial charge in [-0.15, -0.1) is 0 Å². The van der Waals surface area contributed by atoms with E-state index in [4.69, 9.17) is 11.6 Å². The molecule has 2 aliphatic heterocycles. The van der Waals surface area contributed by atoms with Crippen LogP contribution in [0.2, 0.25) is 5.02 Å². The Morgan fingerprint density at radius 1 is 1.28 bits per heavy atom. The molecule has 2 N–H and O–H groups in total. The highest BCUT2D eigenvalue weighted by Crippen LogP contribution is 2.33. The largest absolute Gasteiger partial charge is 0.324 e. The molecule has 0 spiro atoms. The van der Waals surface area contributed by atoms with Crippen LogP contribution in [0.15, 0.2) is 12.1 Å². The van der Waals surface area contributed by atoms with Crippen LogP contribution >= 0.6 is 11.6 Å². The fourth-order valence-electron chi connectivity index (χ4n) is 2.90. The number of anilines is 1. The molecule has 1 aromatic rings. The van der Waals surface area contributed by atoms with Crippen molar-refractivity contribution in [2.24, 2.45) is 5.92 Å². The van der Waals surface area contributed by atoms with Crippen LogP contribution in [0.25, 0.3) is 0 Å². The highest BCUT2D eigenvalue weighted by Gasteiger charge is 2.22. The Hall–Kier alpha value is -1.06. The van der Waals surface area contributed by atoms with E-state index >= 15 is 0 Å². The molecule has 0 saturated carbocycles. The zero-order chi connectivity index (χ0) is 12.5. The number of fused-ring (bicyclic) bond motifs is 1. The maximum absolute atomic E-state index is 11.4. The van der Waals surface area contributed by atoms with Crippen LogP contribution in [0.3, 0.4) is 0 Å². The second kappa shape index (κ2) is 4.90. The second-order valence-corrected chi connectivity index (χ2v) is 5.64. The van der Waals surface area contributed by atoms with Gasteiger partial charge >= 0.3 is 0 Å². The van der Waals surface area contributed by atoms with Gasteiger partial charge in [0.05, 0.1) is 17.1 Å². The lowest BCUT2D eigenvalue weighted by Crippen LogP contribution is -2.28. The number of hydrogen-bond acceptors (Lipinski definition) is 2. The number of carbonyl (C=O) groups is 1. The molecule has 1 fully saturated rings. The number of hydrogen-bond donors (Lipinski definition) is 2. The Morgan fingerprint density at radius 2 is 2.06 bits per heavy atom. The van der Waals surface area contributed by atoms with E-state index < -0.39 is 0 Å². The maximum Gasteiger partial charge on any atom is 0.228 e. The van der Waals surface area contributed by atoms with Gasteiger partial charge in [0.15, 0.2) is 0 Å². The summed E-state index contributed by atoms with van der Waals surface area (Å²) in [5.74, 6) is 0.788. The van der Waals surface area contributed by atoms with Crippen molar-refractivity contribution in [1.82, 2.24) is 5.32 Å². The molecule has 2 heterocycles. The standard InChI is InChI=1S/C14H17ClN2O/c15-12-7-10(5-9-1-3-16-4-2-9)6-11-8-13(18)17-14(11)12/h6-7,9,16H,1-5,8H2,(H,17,18). The van der Waals surface area contributed by atoms with Gasteiger partial charge < -0.3 is 10.6 Å². The number of nitrogens with one attached hydrogen (secondary N) is 2. The van der Waals surface area contributed by atoms with Gasteiger partial charge in [0, 0.05) is 0 Å². The van der Waals surface area contributed by atoms with E-state index in [9.17, 15) is 4.79 Å². The predicted molar refractivity (Wildman–Crippen MR) is 73.1 cm³/mol. The van der Waals surface area contributed by atoms with Gasteiger partial charge in [0.25, 0.3) is 0 Å². The van der Waals surface area contributed by atoms with Crippen LogP contribution in [0.1, 0.15) is 24.0 Å². The number of rotatable bonds is 2. The summed E-state index contributed by atoms with van der Waals surface area (Å²) in [7, 11) is 0. The van der Waals surface area contributed by atoms with Crippen molar-refractivity contribution < 1.29 is 4.79 Å². The van der Waals surface area contributed by atoms with Crippen molar-refractivity contribution in [3.05, 3.63) is 28.3 Å². The fraction of sp³-hybridized carbons (Fsp3) is 0.500. The molecule has 0 unspecified atom stereocenters. The lowest BCUT2D eigenvalue weighted by molar-refractivity contribution is -0.115. The van der Waals surface area contributed by atoms with E-state index in [1.54, 1.807) is 0 Å². The molecule has 1 amide bonds. The molecule has 3 rings (SSSR count). The highest BCUT2D eigenvalue weighted by molar-refractivity contribution is 6.34. The summed E-state index contributed by atoms with van der Waals surface area (Å²) < 4.78 is 0. The molecule has 18 heavy (non-hydrogen) atoms. The van der Waals surface area contributed by atoms with Crippen LogP contribution in [0, 0.1) is 5.92 Å². The predicted octanol–water partition coefficient (Wildman–Crippen LogP) is 2.38. The van der Waals surface area contributed by atoms with Gasteiger partial charge in [0.2, 0.25) is 5.91 Å². The second-order valence-electron chi connectivity index (χ2n) is 5.23. The van der Waals surface area contributed by atoms with Crippen LogP contribution < -0.4 is 10.6 Å². The van der Waals surface area contributed by atoms with E-state index in [1.807, 2.05) is 6.07 Å². The summed E-state index contributed by atoms with van der Waals surface area (Å²) in [4.78, 5) is 11.4. The monoisotopic (exact) mass is 264 g/mol. The molecular weight excluding hydrogens is 248 g/mol. The van der Waals surface area contributed by atoms with Crippen molar-refractivity contribution in [2.45, 2.75) is 25.7 Å². The van der Waals surface area contributed by atoms with Gasteiger partial charge in [0.1, 0.15) is 0 Å². The molecule has 0 aliphatic carbocycles. The fourth-order valence-corrected chi connectivity index (χ4v) is 3.21. The van der Waals surface area contributed by atoms with Crippen LogP contribution in [-0.4, -0.2) is 19.0 Å². The van der Waals surface area contributed by atoms with E-state index in [-0.39, 0.29) is 5.91 Å². The van der Waals surface area contributed by atoms with E-state index in [0.29, 0.717) is 11.4 Å². The molecule has 0 aromatic heterocycles. The lowest BCUT2D eigenvalue weighted by atomic mass is 9.90. The third-order valence-corrected chi connectivity index (χ3v) is 4.13. The number of amides is 1. The molecule has 4 heteroatoms. The van der Waals surface area contributed by atoms with Crippen molar-refractivity contribution in [3.8, 4) is 0 Å². The summed E-state index contributed by atoms with van der Waals surface area (Å²) in [5, 5.41) is 6.88. The smallest absolute Gasteiger partial charge is 0.228 e. The van der Waals surface area contributed by atoms with Gasteiger partial charge in [-0.2, -0.15) is 0 Å². The topological polar surface area (TPSA) is 41.1 Å². The normalized spacial score (nSPS) is 19.7. The Labute approximate surface area is 112 Å². The first-order valence-electron chi connectivity index (χ1n) is 6.54. The van der Waals surface area contributed by atoms with Gasteiger partial charge in [-0.25, -0.2) is 0 Å². The Morgan fingerprint density at radius 3 is 2.83 bits per heavy atom. The van der Waals surface area contributed by atoms with Gasteiger partial charge in [-0.05, 0) is 55.5 Å². The van der Waals surface area contributed by atoms with Gasteiger partial charge in [-0.1, -0.05) is 17.7 Å². The first-order valence-corrected chi connectivity index (χ1v) is 6.92. The Bertz CT molecular complexity index is 481. The third kappa shape index (κ3) is 2.38. The molecule has 96 valence electrons. The van der Waals surface area contributed by atoms with Gasteiger partial charge in [-0.3, -0.25) is 4.79 Å². The molecule has 3 nitrogen and oxygen atoms in total. The molecule has 0 bridgehead atoms. The minimum atomic E-state index is 0.0471. The van der Waals surface area contributed by atoms with E-state index in [2.05, 4.69) is 16.7 Å². The zero-order valence-corrected chi connectivity index (χ0v) is 11.0. The number of halogens is 1. The average molecular weight is 265 g/mol. The SMILES string of the molecule is O=C1Cc2cc(CC3CCNCC3)cc(Cl)c2N1. The molecule has 0 atom stereocenters. The molecular formula is C14H17ClN2O. The van der Waals surface area contributed by atoms with E-state index in [0.717, 1.165) is 36.7 Å². The van der Waals surface area contributed by atoms with Crippen molar-refractivity contribution in [3.63, 3.8) is 0 Å². The Balaban J connectivity index is 1.79.